The summed E-state index contributed by atoms with van der Waals surface area (Å²) in [6.45, 7) is 6.53. The van der Waals surface area contributed by atoms with Gasteiger partial charge in [-0.05, 0) is 33.6 Å². The number of nitrogens with one attached hydrogen (secondary N) is 1. The van der Waals surface area contributed by atoms with E-state index in [1.165, 1.54) is 0 Å². The molecule has 2 unspecified atom stereocenters. The fourth-order valence-corrected chi connectivity index (χ4v) is 2.67. The normalized spacial score (nSPS) is 25.8. The van der Waals surface area contributed by atoms with Gasteiger partial charge in [0.25, 0.3) is 0 Å². The lowest BCUT2D eigenvalue weighted by Crippen LogP contribution is -2.53. The zero-order valence-electron chi connectivity index (χ0n) is 12.8. The van der Waals surface area contributed by atoms with Gasteiger partial charge in [-0.1, -0.05) is 6.42 Å². The van der Waals surface area contributed by atoms with Gasteiger partial charge in [0.05, 0.1) is 12.0 Å². The van der Waals surface area contributed by atoms with E-state index in [-0.39, 0.29) is 18.1 Å². The minimum atomic E-state index is -0.862. The Kier molecular flexibility index (Phi) is 5.80. The van der Waals surface area contributed by atoms with Crippen LogP contribution in [-0.2, 0) is 9.53 Å². The quantitative estimate of drug-likeness (QED) is 0.779. The van der Waals surface area contributed by atoms with Gasteiger partial charge in [-0.15, -0.1) is 0 Å². The van der Waals surface area contributed by atoms with E-state index in [4.69, 9.17) is 4.74 Å². The Labute approximate surface area is 120 Å². The smallest absolute Gasteiger partial charge is 0.317 e. The molecule has 0 aromatic rings. The number of aliphatic carboxylic acids is 1. The van der Waals surface area contributed by atoms with E-state index in [1.54, 1.807) is 18.9 Å². The summed E-state index contributed by atoms with van der Waals surface area (Å²) in [6, 6.07) is -0.477. The Morgan fingerprint density at radius 3 is 2.65 bits per heavy atom. The van der Waals surface area contributed by atoms with Crippen molar-refractivity contribution in [3.8, 4) is 0 Å². The van der Waals surface area contributed by atoms with Crippen LogP contribution in [0.4, 0.5) is 4.79 Å². The number of ether oxygens (including phenoxy) is 1. The predicted molar refractivity (Wildman–Crippen MR) is 75.6 cm³/mol. The number of carboxylic acid groups (broad SMARTS) is 1. The number of rotatable bonds is 6. The van der Waals surface area contributed by atoms with Crippen molar-refractivity contribution >= 4 is 12.0 Å². The zero-order valence-corrected chi connectivity index (χ0v) is 12.8. The molecule has 116 valence electrons. The second kappa shape index (κ2) is 6.92. The maximum absolute atomic E-state index is 12.3. The first-order valence-electron chi connectivity index (χ1n) is 7.12. The van der Waals surface area contributed by atoms with E-state index in [2.05, 4.69) is 5.32 Å². The summed E-state index contributed by atoms with van der Waals surface area (Å²) in [5, 5.41) is 12.3. The Morgan fingerprint density at radius 1 is 1.50 bits per heavy atom. The van der Waals surface area contributed by atoms with Crippen LogP contribution in [0.2, 0.25) is 0 Å². The standard InChI is InChI=1S/C14H26N2O4/c1-10(2)16(8-9-20-4)13(19)15-11-6-5-7-14(11,3)12(17)18/h10-11H,5-9H2,1-4H3,(H,15,19)(H,17,18). The van der Waals surface area contributed by atoms with Crippen LogP contribution in [-0.4, -0.2) is 54.4 Å². The molecule has 0 bridgehead atoms. The molecule has 1 rings (SSSR count). The fraction of sp³-hybridized carbons (Fsp3) is 0.857. The highest BCUT2D eigenvalue weighted by molar-refractivity contribution is 5.79. The summed E-state index contributed by atoms with van der Waals surface area (Å²) < 4.78 is 5.01. The molecule has 1 aliphatic rings. The van der Waals surface area contributed by atoms with Crippen LogP contribution < -0.4 is 5.32 Å². The van der Waals surface area contributed by atoms with Crippen LogP contribution >= 0.6 is 0 Å². The van der Waals surface area contributed by atoms with Crippen molar-refractivity contribution in [2.45, 2.75) is 52.1 Å². The molecule has 2 N–H and O–H groups in total. The molecule has 2 atom stereocenters. The Morgan fingerprint density at radius 2 is 2.15 bits per heavy atom. The van der Waals surface area contributed by atoms with Crippen molar-refractivity contribution in [2.24, 2.45) is 5.41 Å². The average Bonchev–Trinajstić information content (AvgIpc) is 2.72. The van der Waals surface area contributed by atoms with Gasteiger partial charge in [0.2, 0.25) is 0 Å². The monoisotopic (exact) mass is 286 g/mol. The molecule has 0 aliphatic heterocycles. The van der Waals surface area contributed by atoms with Crippen molar-refractivity contribution < 1.29 is 19.4 Å². The molecule has 0 radical (unpaired) electrons. The number of methoxy groups -OCH3 is 1. The summed E-state index contributed by atoms with van der Waals surface area (Å²) in [4.78, 5) is 25.4. The van der Waals surface area contributed by atoms with Crippen molar-refractivity contribution in [3.63, 3.8) is 0 Å². The van der Waals surface area contributed by atoms with E-state index < -0.39 is 11.4 Å². The first kappa shape index (κ1) is 16.8. The molecule has 20 heavy (non-hydrogen) atoms. The molecule has 0 aromatic carbocycles. The summed E-state index contributed by atoms with van der Waals surface area (Å²) in [5.41, 5.74) is -0.862. The molecule has 0 aromatic heterocycles. The van der Waals surface area contributed by atoms with Crippen molar-refractivity contribution in [3.05, 3.63) is 0 Å². The highest BCUT2D eigenvalue weighted by Crippen LogP contribution is 2.38. The van der Waals surface area contributed by atoms with Gasteiger partial charge in [-0.3, -0.25) is 4.79 Å². The van der Waals surface area contributed by atoms with Crippen molar-refractivity contribution in [1.29, 1.82) is 0 Å². The highest BCUT2D eigenvalue weighted by atomic mass is 16.5. The average molecular weight is 286 g/mol. The molecule has 6 heteroatoms. The Balaban J connectivity index is 2.70. The molecule has 6 nitrogen and oxygen atoms in total. The second-order valence-electron chi connectivity index (χ2n) is 5.90. The first-order chi connectivity index (χ1) is 9.32. The number of carbonyl (C=O) groups is 2. The molecule has 0 heterocycles. The lowest BCUT2D eigenvalue weighted by Gasteiger charge is -2.32. The highest BCUT2D eigenvalue weighted by Gasteiger charge is 2.46. The van der Waals surface area contributed by atoms with Crippen LogP contribution in [0.3, 0.4) is 0 Å². The van der Waals surface area contributed by atoms with Crippen molar-refractivity contribution in [2.75, 3.05) is 20.3 Å². The topological polar surface area (TPSA) is 78.9 Å². The van der Waals surface area contributed by atoms with Gasteiger partial charge in [0, 0.05) is 25.7 Å². The molecule has 1 fully saturated rings. The first-order valence-corrected chi connectivity index (χ1v) is 7.12. The number of amides is 2. The molecular weight excluding hydrogens is 260 g/mol. The van der Waals surface area contributed by atoms with E-state index >= 15 is 0 Å². The Bertz CT molecular complexity index is 359. The number of carbonyl (C=O) groups excluding carboxylic acids is 1. The van der Waals surface area contributed by atoms with Gasteiger partial charge in [-0.25, -0.2) is 4.79 Å². The lowest BCUT2D eigenvalue weighted by molar-refractivity contribution is -0.148. The maximum atomic E-state index is 12.3. The van der Waals surface area contributed by atoms with Crippen LogP contribution in [0.1, 0.15) is 40.0 Å². The minimum absolute atomic E-state index is 0.0441. The van der Waals surface area contributed by atoms with Gasteiger partial charge in [-0.2, -0.15) is 0 Å². The van der Waals surface area contributed by atoms with E-state index in [9.17, 15) is 14.7 Å². The van der Waals surface area contributed by atoms with Gasteiger partial charge in [0.1, 0.15) is 0 Å². The van der Waals surface area contributed by atoms with Crippen LogP contribution in [0.25, 0.3) is 0 Å². The fourth-order valence-electron chi connectivity index (χ4n) is 2.67. The molecule has 1 saturated carbocycles. The SMILES string of the molecule is COCCN(C(=O)NC1CCCC1(C)C(=O)O)C(C)C. The number of hydrogen-bond acceptors (Lipinski definition) is 3. The van der Waals surface area contributed by atoms with Gasteiger partial charge in [0.15, 0.2) is 0 Å². The molecule has 0 saturated heterocycles. The molecular formula is C14H26N2O4. The summed E-state index contributed by atoms with van der Waals surface area (Å²) in [7, 11) is 1.59. The van der Waals surface area contributed by atoms with Crippen molar-refractivity contribution in [1.82, 2.24) is 10.2 Å². The predicted octanol–water partition coefficient (Wildman–Crippen LogP) is 1.70. The largest absolute Gasteiger partial charge is 0.481 e. The third kappa shape index (κ3) is 3.62. The third-order valence-electron chi connectivity index (χ3n) is 4.16. The van der Waals surface area contributed by atoms with Crippen LogP contribution in [0, 0.1) is 5.41 Å². The van der Waals surface area contributed by atoms with Crippen LogP contribution in [0.15, 0.2) is 0 Å². The Hall–Kier alpha value is -1.30. The van der Waals surface area contributed by atoms with Gasteiger partial charge < -0.3 is 20.1 Å². The van der Waals surface area contributed by atoms with E-state index in [0.29, 0.717) is 26.0 Å². The van der Waals surface area contributed by atoms with E-state index in [1.807, 2.05) is 13.8 Å². The summed E-state index contributed by atoms with van der Waals surface area (Å²) >= 11 is 0. The summed E-state index contributed by atoms with van der Waals surface area (Å²) in [6.07, 6.45) is 2.14. The third-order valence-corrected chi connectivity index (χ3v) is 4.16. The minimum Gasteiger partial charge on any atom is -0.481 e. The zero-order chi connectivity index (χ0) is 15.3. The lowest BCUT2D eigenvalue weighted by atomic mass is 9.85. The second-order valence-corrected chi connectivity index (χ2v) is 5.90. The molecule has 2 amide bonds. The van der Waals surface area contributed by atoms with Gasteiger partial charge >= 0.3 is 12.0 Å². The number of carboxylic acids is 1. The van der Waals surface area contributed by atoms with Crippen LogP contribution in [0.5, 0.6) is 0 Å². The number of nitrogens with zero attached hydrogens (tertiary/aromatic N) is 1. The molecule has 1 aliphatic carbocycles. The summed E-state index contributed by atoms with van der Waals surface area (Å²) in [5.74, 6) is -0.840. The van der Waals surface area contributed by atoms with E-state index in [0.717, 1.165) is 6.42 Å². The molecule has 0 spiro atoms. The maximum Gasteiger partial charge on any atom is 0.317 e. The number of urea groups is 1. The number of hydrogen-bond donors (Lipinski definition) is 2.